The number of fused-ring (bicyclic) bond motifs is 3. The van der Waals surface area contributed by atoms with Crippen LogP contribution in [0.3, 0.4) is 0 Å². The highest BCUT2D eigenvalue weighted by molar-refractivity contribution is 7.32. The van der Waals surface area contributed by atoms with E-state index in [2.05, 4.69) is 45.0 Å². The quantitative estimate of drug-likeness (QED) is 0.200. The van der Waals surface area contributed by atoms with Gasteiger partial charge in [0, 0.05) is 45.6 Å². The molecular weight excluding hydrogens is 567 g/mol. The van der Waals surface area contributed by atoms with E-state index in [0.29, 0.717) is 17.3 Å². The number of thiophene rings is 5. The molecule has 0 aliphatic heterocycles. The van der Waals surface area contributed by atoms with Gasteiger partial charge in [-0.05, 0) is 81.1 Å². The Balaban J connectivity index is 1.49. The van der Waals surface area contributed by atoms with Crippen molar-refractivity contribution in [2.24, 2.45) is 5.92 Å². The van der Waals surface area contributed by atoms with Gasteiger partial charge in [0.05, 0.1) is 20.2 Å². The van der Waals surface area contributed by atoms with E-state index in [1.54, 1.807) is 34.0 Å². The van der Waals surface area contributed by atoms with Crippen LogP contribution in [-0.2, 0) is 6.54 Å². The van der Waals surface area contributed by atoms with Crippen LogP contribution < -0.4 is 11.1 Å². The van der Waals surface area contributed by atoms with Gasteiger partial charge in [-0.2, -0.15) is 0 Å². The van der Waals surface area contributed by atoms with Crippen LogP contribution in [0.25, 0.3) is 49.4 Å². The van der Waals surface area contributed by atoms with E-state index in [-0.39, 0.29) is 17.0 Å². The van der Waals surface area contributed by atoms with Crippen LogP contribution >= 0.6 is 56.7 Å². The van der Waals surface area contributed by atoms with Crippen molar-refractivity contribution in [3.8, 4) is 29.3 Å². The standard InChI is InChI=1S/C30H27NO2S5/c1-14(2)13-31-29(32)19-11-17(5)34-27(19)28-20(30(31)33)12-25(38-28)26-16(4)10-24(37-26)22-8-7-21(36-22)23-9-15(3)18(6)35-23/h7-12,14H,13H2,1-6H3. The molecule has 0 aliphatic rings. The van der Waals surface area contributed by atoms with Gasteiger partial charge in [0.25, 0.3) is 11.1 Å². The third-order valence-corrected chi connectivity index (χ3v) is 13.1. The van der Waals surface area contributed by atoms with Crippen molar-refractivity contribution in [1.29, 1.82) is 0 Å². The molecule has 6 heterocycles. The van der Waals surface area contributed by atoms with E-state index in [9.17, 15) is 9.59 Å². The van der Waals surface area contributed by atoms with Gasteiger partial charge in [0.2, 0.25) is 0 Å². The molecule has 0 aliphatic carbocycles. The fourth-order valence-electron chi connectivity index (χ4n) is 4.73. The van der Waals surface area contributed by atoms with Crippen LogP contribution in [0.2, 0.25) is 0 Å². The summed E-state index contributed by atoms with van der Waals surface area (Å²) >= 11 is 8.73. The van der Waals surface area contributed by atoms with Crippen LogP contribution in [0, 0.1) is 33.6 Å². The molecule has 0 saturated carbocycles. The molecule has 0 spiro atoms. The smallest absolute Gasteiger partial charge is 0.262 e. The van der Waals surface area contributed by atoms with E-state index in [1.807, 2.05) is 55.6 Å². The Morgan fingerprint density at radius 1 is 0.658 bits per heavy atom. The molecule has 0 bridgehead atoms. The zero-order chi connectivity index (χ0) is 26.9. The summed E-state index contributed by atoms with van der Waals surface area (Å²) < 4.78 is 3.30. The van der Waals surface area contributed by atoms with Crippen LogP contribution in [0.4, 0.5) is 0 Å². The van der Waals surface area contributed by atoms with Gasteiger partial charge >= 0.3 is 0 Å². The van der Waals surface area contributed by atoms with Crippen molar-refractivity contribution in [1.82, 2.24) is 4.57 Å². The Bertz CT molecular complexity index is 1950. The normalized spacial score (nSPS) is 12.0. The van der Waals surface area contributed by atoms with E-state index in [4.69, 9.17) is 0 Å². The Labute approximate surface area is 241 Å². The van der Waals surface area contributed by atoms with Crippen molar-refractivity contribution < 1.29 is 0 Å². The van der Waals surface area contributed by atoms with E-state index in [1.165, 1.54) is 45.0 Å². The fourth-order valence-corrected chi connectivity index (χ4v) is 10.6. The highest BCUT2D eigenvalue weighted by atomic mass is 32.1. The van der Waals surface area contributed by atoms with Gasteiger partial charge in [-0.25, -0.2) is 0 Å². The lowest BCUT2D eigenvalue weighted by Crippen LogP contribution is -2.31. The summed E-state index contributed by atoms with van der Waals surface area (Å²) in [7, 11) is 0. The summed E-state index contributed by atoms with van der Waals surface area (Å²) in [5.74, 6) is 0.200. The first-order valence-corrected chi connectivity index (χ1v) is 16.6. The average molecular weight is 594 g/mol. The highest BCUT2D eigenvalue weighted by Crippen LogP contribution is 2.46. The molecule has 8 heteroatoms. The lowest BCUT2D eigenvalue weighted by molar-refractivity contribution is 0.506. The van der Waals surface area contributed by atoms with Crippen LogP contribution in [0.1, 0.15) is 34.7 Å². The van der Waals surface area contributed by atoms with Gasteiger partial charge in [0.1, 0.15) is 0 Å². The van der Waals surface area contributed by atoms with Crippen LogP contribution in [0.5, 0.6) is 0 Å². The molecular formula is C30H27NO2S5. The topological polar surface area (TPSA) is 39.1 Å². The second-order valence-electron chi connectivity index (χ2n) is 10.2. The van der Waals surface area contributed by atoms with Gasteiger partial charge in [-0.15, -0.1) is 56.7 Å². The molecule has 194 valence electrons. The van der Waals surface area contributed by atoms with E-state index in [0.717, 1.165) is 19.2 Å². The van der Waals surface area contributed by atoms with Gasteiger partial charge in [-0.3, -0.25) is 14.2 Å². The first kappa shape index (κ1) is 25.9. The zero-order valence-electron chi connectivity index (χ0n) is 22.1. The molecule has 3 nitrogen and oxygen atoms in total. The monoisotopic (exact) mass is 593 g/mol. The average Bonchev–Trinajstić information content (AvgIpc) is 3.66. The first-order chi connectivity index (χ1) is 18.1. The predicted molar refractivity (Wildman–Crippen MR) is 171 cm³/mol. The maximum absolute atomic E-state index is 13.7. The lowest BCUT2D eigenvalue weighted by Gasteiger charge is -2.05. The fraction of sp³-hybridized carbons (Fsp3) is 0.267. The molecule has 0 unspecified atom stereocenters. The Morgan fingerprint density at radius 3 is 1.89 bits per heavy atom. The van der Waals surface area contributed by atoms with Crippen molar-refractivity contribution in [3.05, 3.63) is 78.0 Å². The number of hydrogen-bond acceptors (Lipinski definition) is 7. The summed E-state index contributed by atoms with van der Waals surface area (Å²) in [6.07, 6.45) is 0. The Hall–Kier alpha value is -2.36. The zero-order valence-corrected chi connectivity index (χ0v) is 26.1. The van der Waals surface area contributed by atoms with Crippen molar-refractivity contribution in [2.75, 3.05) is 0 Å². The number of aromatic nitrogens is 1. The minimum Gasteiger partial charge on any atom is -0.274 e. The minimum atomic E-state index is -0.180. The molecule has 6 aromatic rings. The number of nitrogens with zero attached hydrogens (tertiary/aromatic N) is 1. The first-order valence-electron chi connectivity index (χ1n) is 12.5. The number of aryl methyl sites for hydroxylation is 4. The summed E-state index contributed by atoms with van der Waals surface area (Å²) in [6.45, 7) is 13.0. The summed E-state index contributed by atoms with van der Waals surface area (Å²) in [4.78, 5) is 36.9. The van der Waals surface area contributed by atoms with Gasteiger partial charge in [0.15, 0.2) is 0 Å². The van der Waals surface area contributed by atoms with E-state index < -0.39 is 0 Å². The molecule has 0 saturated heterocycles. The molecule has 0 aromatic carbocycles. The minimum absolute atomic E-state index is 0.174. The third kappa shape index (κ3) is 4.36. The number of hydrogen-bond donors (Lipinski definition) is 0. The number of rotatable bonds is 5. The second kappa shape index (κ2) is 9.68. The van der Waals surface area contributed by atoms with Crippen LogP contribution in [-0.4, -0.2) is 4.57 Å². The maximum Gasteiger partial charge on any atom is 0.262 e. The molecule has 0 N–H and O–H groups in total. The lowest BCUT2D eigenvalue weighted by atomic mass is 10.2. The van der Waals surface area contributed by atoms with Crippen molar-refractivity contribution >= 4 is 76.9 Å². The molecule has 0 amide bonds. The maximum atomic E-state index is 13.7. The highest BCUT2D eigenvalue weighted by Gasteiger charge is 2.20. The van der Waals surface area contributed by atoms with Crippen LogP contribution in [0.15, 0.2) is 46.0 Å². The molecule has 0 radical (unpaired) electrons. The SMILES string of the molecule is Cc1cc2c(=O)n(CC(C)C)c(=O)c3cc(-c4sc(-c5ccc(-c6cc(C)c(C)s6)s5)cc4C)sc3c2s1. The van der Waals surface area contributed by atoms with E-state index >= 15 is 0 Å². The summed E-state index contributed by atoms with van der Waals surface area (Å²) in [5.41, 5.74) is 2.21. The van der Waals surface area contributed by atoms with Gasteiger partial charge in [-0.1, -0.05) is 13.8 Å². The Kier molecular flexibility index (Phi) is 6.60. The predicted octanol–water partition coefficient (Wildman–Crippen LogP) is 9.71. The third-order valence-electron chi connectivity index (χ3n) is 6.69. The van der Waals surface area contributed by atoms with Gasteiger partial charge < -0.3 is 0 Å². The van der Waals surface area contributed by atoms with Crippen molar-refractivity contribution in [3.63, 3.8) is 0 Å². The molecule has 0 atom stereocenters. The molecule has 6 aromatic heterocycles. The second-order valence-corrected chi connectivity index (χ2v) is 15.9. The summed E-state index contributed by atoms with van der Waals surface area (Å²) in [5, 5.41) is 1.30. The molecule has 0 fully saturated rings. The Morgan fingerprint density at radius 2 is 1.26 bits per heavy atom. The molecule has 6 rings (SSSR count). The largest absolute Gasteiger partial charge is 0.274 e. The van der Waals surface area contributed by atoms with Crippen molar-refractivity contribution in [2.45, 2.75) is 48.1 Å². The molecule has 38 heavy (non-hydrogen) atoms. The summed E-state index contributed by atoms with van der Waals surface area (Å²) in [6, 6.07) is 13.0.